The van der Waals surface area contributed by atoms with Gasteiger partial charge in [-0.2, -0.15) is 18.3 Å². The van der Waals surface area contributed by atoms with E-state index in [4.69, 9.17) is 4.74 Å². The Morgan fingerprint density at radius 1 is 1.17 bits per heavy atom. The SMILES string of the molecule is CC(C)Oc1cccc(C(=O)N[C@H](c2cn3ncc([C@@H](O)NC(=O)CCC(F)(F)F)cc3n2)C2CCC(F)(F)CC2)n1. The molecule has 0 aliphatic heterocycles. The molecular formula is C27H31F5N6O4. The zero-order valence-corrected chi connectivity index (χ0v) is 22.9. The number of halogens is 5. The van der Waals surface area contributed by atoms with Gasteiger partial charge in [-0.15, -0.1) is 0 Å². The van der Waals surface area contributed by atoms with Crippen molar-refractivity contribution in [2.24, 2.45) is 5.92 Å². The summed E-state index contributed by atoms with van der Waals surface area (Å²) in [5, 5.41) is 19.4. The summed E-state index contributed by atoms with van der Waals surface area (Å²) in [6.45, 7) is 3.63. The quantitative estimate of drug-likeness (QED) is 0.229. The fourth-order valence-corrected chi connectivity index (χ4v) is 4.67. The number of aliphatic hydroxyl groups is 1. The number of alkyl halides is 5. The van der Waals surface area contributed by atoms with Crippen LogP contribution in [0.15, 0.2) is 36.7 Å². The Hall–Kier alpha value is -3.88. The third kappa shape index (κ3) is 8.33. The highest BCUT2D eigenvalue weighted by Crippen LogP contribution is 2.41. The molecule has 4 rings (SSSR count). The van der Waals surface area contributed by atoms with Crippen LogP contribution in [0.3, 0.4) is 0 Å². The minimum Gasteiger partial charge on any atom is -0.475 e. The lowest BCUT2D eigenvalue weighted by atomic mass is 9.81. The zero-order chi connectivity index (χ0) is 30.7. The average Bonchev–Trinajstić information content (AvgIpc) is 3.33. The fraction of sp³-hybridized carbons (Fsp3) is 0.519. The number of carbonyl (C=O) groups is 2. The van der Waals surface area contributed by atoms with Gasteiger partial charge in [0.25, 0.3) is 5.91 Å². The maximum Gasteiger partial charge on any atom is 0.389 e. The van der Waals surface area contributed by atoms with Crippen LogP contribution >= 0.6 is 0 Å². The standard InChI is InChI=1S/C27H31F5N6O4/c1-15(2)42-22-5-3-4-18(35-22)25(41)37-23(16-6-9-26(28,29)10-7-16)19-14-38-20(34-19)12-17(13-33-38)24(40)36-21(39)8-11-27(30,31)32/h3-5,12-16,23-24,40H,6-11H2,1-2H3,(H,36,39)(H,37,41)/t23-,24+/m0/s1. The molecule has 15 heteroatoms. The van der Waals surface area contributed by atoms with E-state index >= 15 is 0 Å². The topological polar surface area (TPSA) is 131 Å². The monoisotopic (exact) mass is 598 g/mol. The molecule has 0 spiro atoms. The van der Waals surface area contributed by atoms with E-state index in [9.17, 15) is 36.6 Å². The van der Waals surface area contributed by atoms with E-state index in [0.717, 1.165) is 0 Å². The summed E-state index contributed by atoms with van der Waals surface area (Å²) in [6.07, 6.45) is -6.27. The summed E-state index contributed by atoms with van der Waals surface area (Å²) >= 11 is 0. The molecule has 1 fully saturated rings. The first-order chi connectivity index (χ1) is 19.7. The highest BCUT2D eigenvalue weighted by atomic mass is 19.4. The summed E-state index contributed by atoms with van der Waals surface area (Å²) in [7, 11) is 0. The molecule has 0 aromatic carbocycles. The molecule has 0 saturated heterocycles. The van der Waals surface area contributed by atoms with Crippen molar-refractivity contribution in [1.82, 2.24) is 30.2 Å². The Balaban J connectivity index is 1.56. The van der Waals surface area contributed by atoms with Gasteiger partial charge < -0.3 is 20.5 Å². The molecular weight excluding hydrogens is 567 g/mol. The van der Waals surface area contributed by atoms with Crippen molar-refractivity contribution in [3.8, 4) is 5.88 Å². The highest BCUT2D eigenvalue weighted by Gasteiger charge is 2.39. The van der Waals surface area contributed by atoms with Gasteiger partial charge in [0.1, 0.15) is 5.69 Å². The van der Waals surface area contributed by atoms with Crippen LogP contribution in [0, 0.1) is 5.92 Å². The number of hydrogen-bond donors (Lipinski definition) is 3. The maximum atomic E-state index is 14.0. The number of fused-ring (bicyclic) bond motifs is 1. The van der Waals surface area contributed by atoms with Gasteiger partial charge in [-0.1, -0.05) is 6.07 Å². The highest BCUT2D eigenvalue weighted by molar-refractivity contribution is 5.92. The fourth-order valence-electron chi connectivity index (χ4n) is 4.67. The molecule has 3 N–H and O–H groups in total. The minimum absolute atomic E-state index is 0.0593. The molecule has 0 radical (unpaired) electrons. The molecule has 1 aliphatic carbocycles. The van der Waals surface area contributed by atoms with Gasteiger partial charge in [0.2, 0.25) is 17.7 Å². The summed E-state index contributed by atoms with van der Waals surface area (Å²) in [5.41, 5.74) is 0.635. The van der Waals surface area contributed by atoms with Crippen molar-refractivity contribution in [3.63, 3.8) is 0 Å². The van der Waals surface area contributed by atoms with Gasteiger partial charge >= 0.3 is 6.18 Å². The van der Waals surface area contributed by atoms with E-state index in [0.29, 0.717) is 5.69 Å². The summed E-state index contributed by atoms with van der Waals surface area (Å²) in [6, 6.07) is 5.29. The number of aromatic nitrogens is 4. The minimum atomic E-state index is -4.52. The number of aliphatic hydroxyl groups excluding tert-OH is 1. The molecule has 1 saturated carbocycles. The molecule has 2 amide bonds. The van der Waals surface area contributed by atoms with Gasteiger partial charge in [0, 0.05) is 30.9 Å². The van der Waals surface area contributed by atoms with E-state index in [1.54, 1.807) is 12.1 Å². The van der Waals surface area contributed by atoms with Gasteiger partial charge in [-0.3, -0.25) is 9.59 Å². The number of imidazole rings is 1. The van der Waals surface area contributed by atoms with Crippen LogP contribution in [0.1, 0.15) is 86.4 Å². The third-order valence-electron chi connectivity index (χ3n) is 6.76. The molecule has 42 heavy (non-hydrogen) atoms. The lowest BCUT2D eigenvalue weighted by Crippen LogP contribution is -2.37. The number of nitrogens with zero attached hydrogens (tertiary/aromatic N) is 4. The first-order valence-electron chi connectivity index (χ1n) is 13.4. The number of rotatable bonds is 10. The van der Waals surface area contributed by atoms with E-state index in [1.165, 1.54) is 29.0 Å². The van der Waals surface area contributed by atoms with Crippen molar-refractivity contribution < 1.29 is 41.4 Å². The Bertz CT molecular complexity index is 1400. The van der Waals surface area contributed by atoms with Crippen LogP contribution < -0.4 is 15.4 Å². The second-order valence-electron chi connectivity index (χ2n) is 10.5. The second-order valence-corrected chi connectivity index (χ2v) is 10.5. The molecule has 0 unspecified atom stereocenters. The van der Waals surface area contributed by atoms with Crippen LogP contribution in [-0.4, -0.2) is 54.7 Å². The van der Waals surface area contributed by atoms with E-state index in [2.05, 4.69) is 25.7 Å². The lowest BCUT2D eigenvalue weighted by Gasteiger charge is -2.33. The Morgan fingerprint density at radius 3 is 2.55 bits per heavy atom. The number of amides is 2. The van der Waals surface area contributed by atoms with Gasteiger partial charge in [0.05, 0.1) is 36.7 Å². The van der Waals surface area contributed by atoms with Crippen LogP contribution in [0.5, 0.6) is 5.88 Å². The second kappa shape index (κ2) is 12.5. The molecule has 1 aliphatic rings. The molecule has 2 atom stereocenters. The first-order valence-corrected chi connectivity index (χ1v) is 13.4. The molecule has 3 aromatic rings. The number of pyridine rings is 1. The van der Waals surface area contributed by atoms with Crippen molar-refractivity contribution in [2.75, 3.05) is 0 Å². The number of hydrogen-bond acceptors (Lipinski definition) is 7. The predicted molar refractivity (Wildman–Crippen MR) is 138 cm³/mol. The maximum absolute atomic E-state index is 14.0. The van der Waals surface area contributed by atoms with Crippen molar-refractivity contribution in [2.45, 2.75) is 82.8 Å². The molecule has 3 aromatic heterocycles. The summed E-state index contributed by atoms with van der Waals surface area (Å²) in [5.74, 6) is -4.50. The normalized spacial score (nSPS) is 17.2. The largest absolute Gasteiger partial charge is 0.475 e. The first kappa shape index (κ1) is 31.1. The van der Waals surface area contributed by atoms with Crippen LogP contribution in [0.4, 0.5) is 22.0 Å². The van der Waals surface area contributed by atoms with Crippen LogP contribution in [-0.2, 0) is 4.79 Å². The molecule has 3 heterocycles. The third-order valence-corrected chi connectivity index (χ3v) is 6.76. The zero-order valence-electron chi connectivity index (χ0n) is 22.9. The van der Waals surface area contributed by atoms with Crippen LogP contribution in [0.2, 0.25) is 0 Å². The van der Waals surface area contributed by atoms with Crippen molar-refractivity contribution in [3.05, 3.63) is 53.6 Å². The number of ether oxygens (including phenoxy) is 1. The van der Waals surface area contributed by atoms with Gasteiger partial charge in [-0.25, -0.2) is 23.3 Å². The molecule has 228 valence electrons. The number of carbonyl (C=O) groups excluding carboxylic acids is 2. The van der Waals surface area contributed by atoms with Crippen molar-refractivity contribution >= 4 is 17.5 Å². The predicted octanol–water partition coefficient (Wildman–Crippen LogP) is 4.66. The van der Waals surface area contributed by atoms with Crippen LogP contribution in [0.25, 0.3) is 5.65 Å². The summed E-state index contributed by atoms with van der Waals surface area (Å²) in [4.78, 5) is 33.8. The Labute approximate surface area is 237 Å². The molecule has 10 nitrogen and oxygen atoms in total. The smallest absolute Gasteiger partial charge is 0.389 e. The Kier molecular flexibility index (Phi) is 9.28. The summed E-state index contributed by atoms with van der Waals surface area (Å²) < 4.78 is 72.0. The van der Waals surface area contributed by atoms with Gasteiger partial charge in [0.15, 0.2) is 11.9 Å². The lowest BCUT2D eigenvalue weighted by molar-refractivity contribution is -0.145. The number of nitrogens with one attached hydrogen (secondary N) is 2. The van der Waals surface area contributed by atoms with E-state index < -0.39 is 49.0 Å². The Morgan fingerprint density at radius 2 is 1.88 bits per heavy atom. The molecule has 0 bridgehead atoms. The van der Waals surface area contributed by atoms with Crippen molar-refractivity contribution in [1.29, 1.82) is 0 Å². The van der Waals surface area contributed by atoms with Gasteiger partial charge in [-0.05, 0) is 44.7 Å². The van der Waals surface area contributed by atoms with E-state index in [1.807, 2.05) is 13.8 Å². The van der Waals surface area contributed by atoms with E-state index in [-0.39, 0.29) is 60.5 Å². The average molecular weight is 599 g/mol.